The van der Waals surface area contributed by atoms with E-state index in [0.717, 1.165) is 6.07 Å². The number of anilines is 6. The molecule has 2 heterocycles. The van der Waals surface area contributed by atoms with Crippen molar-refractivity contribution in [3.63, 3.8) is 0 Å². The summed E-state index contributed by atoms with van der Waals surface area (Å²) in [6, 6.07) is 8.50. The summed E-state index contributed by atoms with van der Waals surface area (Å²) < 4.78 is 84.5. The molecule has 326 valence electrons. The molecule has 34 heteroatoms. The van der Waals surface area contributed by atoms with Gasteiger partial charge in [0.15, 0.2) is 0 Å². The fourth-order valence-electron chi connectivity index (χ4n) is 4.51. The maximum absolute atomic E-state index is 12.4. The van der Waals surface area contributed by atoms with E-state index in [1.54, 1.807) is 19.2 Å². The SMILES string of the molecule is CNCc1nc(/N=C\CSOO[O-])nc(Nc2ccc(C=Cc3ccc(Nc4nc(NCCOCCO)nc(NCCS(=O)(=O)[O-])n4)cc3SOO[O-])c(S(=O)(=O)[O-])c2)n1.[Na+].[Na+].[Na+].[Na+]. The molecule has 4 aromatic rings. The Bertz CT molecular complexity index is 2320. The average molecular weight is 1010 g/mol. The minimum atomic E-state index is -5.06. The topological polar surface area (TPSA) is 377 Å². The van der Waals surface area contributed by atoms with Gasteiger partial charge in [-0.3, -0.25) is 10.1 Å². The van der Waals surface area contributed by atoms with Crippen LogP contribution in [0.4, 0.5) is 41.1 Å². The van der Waals surface area contributed by atoms with Crippen molar-refractivity contribution in [2.75, 3.05) is 72.7 Å². The first kappa shape index (κ1) is 63.2. The van der Waals surface area contributed by atoms with E-state index >= 15 is 0 Å². The number of aliphatic imine (C=N–C) groups is 1. The molecule has 0 bridgehead atoms. The van der Waals surface area contributed by atoms with Gasteiger partial charge in [0.05, 0.1) is 64.9 Å². The van der Waals surface area contributed by atoms with Crippen molar-refractivity contribution in [3.05, 3.63) is 53.3 Å². The van der Waals surface area contributed by atoms with Gasteiger partial charge >= 0.3 is 118 Å². The third kappa shape index (κ3) is 24.0. The van der Waals surface area contributed by atoms with Crippen LogP contribution in [0.2, 0.25) is 0 Å². The minimum Gasteiger partial charge on any atom is -0.748 e. The standard InChI is InChI=1S/C30H38N12O14S4.4Na/c1-31-18-25-37-26(33-9-14-57-55-53-44)40-29(38-25)36-22-7-5-20(24(17-22)60(49,50)51)3-2-19-4-6-21(16-23(19)58-56-54-45)35-30-41-27(32-8-12-52-13-11-43)39-28(42-30)34-10-15-59(46,47)48;;;;/h2-7,9,16-17,31,43-45H,8,10-15,18H2,1H3,(H,46,47,48)(H,49,50,51)(H,36,37,38,40)(H3,32,34,35,39,41,42);;;;/q;4*+1/p-4/b3-2?,33-9-;;;;. The summed E-state index contributed by atoms with van der Waals surface area (Å²) in [4.78, 5) is 29.0. The van der Waals surface area contributed by atoms with Gasteiger partial charge in [-0.2, -0.15) is 38.6 Å². The van der Waals surface area contributed by atoms with Crippen LogP contribution in [0.5, 0.6) is 0 Å². The van der Waals surface area contributed by atoms with Gasteiger partial charge in [0.2, 0.25) is 23.8 Å². The van der Waals surface area contributed by atoms with Crippen LogP contribution in [-0.2, 0) is 50.3 Å². The number of aliphatic hydroxyl groups is 1. The third-order valence-electron chi connectivity index (χ3n) is 6.87. The number of aromatic nitrogens is 6. The number of hydrogen-bond donors (Lipinski definition) is 6. The van der Waals surface area contributed by atoms with Crippen LogP contribution in [0, 0.1) is 0 Å². The van der Waals surface area contributed by atoms with Crippen LogP contribution in [-0.4, -0.2) is 119 Å². The van der Waals surface area contributed by atoms with Crippen LogP contribution >= 0.6 is 24.1 Å². The number of aliphatic hydroxyl groups excluding tert-OH is 1. The largest absolute Gasteiger partial charge is 1.00 e. The molecule has 0 radical (unpaired) electrons. The van der Waals surface area contributed by atoms with E-state index < -0.39 is 30.9 Å². The number of benzene rings is 2. The number of ether oxygens (including phenoxy) is 1. The predicted molar refractivity (Wildman–Crippen MR) is 209 cm³/mol. The van der Waals surface area contributed by atoms with Crippen molar-refractivity contribution in [1.29, 1.82) is 0 Å². The Balaban J connectivity index is 0.00000992. The van der Waals surface area contributed by atoms with Gasteiger partial charge in [-0.05, 0) is 42.4 Å². The first-order valence-corrected chi connectivity index (χ1v) is 21.4. The summed E-state index contributed by atoms with van der Waals surface area (Å²) in [7, 11) is -7.93. The minimum absolute atomic E-state index is 0. The molecule has 0 amide bonds. The predicted octanol–water partition coefficient (Wildman–Crippen LogP) is -12.5. The van der Waals surface area contributed by atoms with Crippen molar-refractivity contribution in [2.45, 2.75) is 16.3 Å². The molecule has 0 saturated heterocycles. The Morgan fingerprint density at radius 3 is 2.00 bits per heavy atom. The third-order valence-corrected chi connectivity index (χ3v) is 9.56. The molecular weight excluding hydrogens is 973 g/mol. The Hall–Kier alpha value is -0.770. The number of hydrogen-bond acceptors (Lipinski definition) is 28. The van der Waals surface area contributed by atoms with Gasteiger partial charge in [-0.15, -0.1) is 0 Å². The summed E-state index contributed by atoms with van der Waals surface area (Å²) in [6.45, 7) is 0.250. The number of nitrogens with zero attached hydrogens (tertiary/aromatic N) is 7. The second-order valence-corrected chi connectivity index (χ2v) is 15.5. The quantitative estimate of drug-likeness (QED) is 0.00472. The molecule has 0 aliphatic rings. The summed E-state index contributed by atoms with van der Waals surface area (Å²) >= 11 is 1.17. The number of nitrogens with one attached hydrogen (secondary N) is 5. The van der Waals surface area contributed by atoms with Crippen LogP contribution < -0.4 is 155 Å². The van der Waals surface area contributed by atoms with Crippen molar-refractivity contribution >= 4 is 104 Å². The van der Waals surface area contributed by atoms with E-state index in [1.165, 1.54) is 36.6 Å². The zero-order valence-corrected chi connectivity index (χ0v) is 46.1. The molecular formula is C30H34N12Na4O14S4. The van der Waals surface area contributed by atoms with E-state index in [9.17, 15) is 36.5 Å². The van der Waals surface area contributed by atoms with Gasteiger partial charge in [-0.25, -0.2) is 21.8 Å². The van der Waals surface area contributed by atoms with Crippen molar-refractivity contribution in [3.8, 4) is 0 Å². The molecule has 6 N–H and O–H groups in total. The molecule has 64 heavy (non-hydrogen) atoms. The molecule has 0 atom stereocenters. The zero-order chi connectivity index (χ0) is 43.4. The molecule has 2 aromatic carbocycles. The molecule has 0 aliphatic carbocycles. The number of rotatable bonds is 27. The summed E-state index contributed by atoms with van der Waals surface area (Å²) in [5, 5.41) is 50.6. The maximum Gasteiger partial charge on any atom is 1.00 e. The van der Waals surface area contributed by atoms with Gasteiger partial charge in [-0.1, -0.05) is 24.3 Å². The monoisotopic (exact) mass is 1010 g/mol. The van der Waals surface area contributed by atoms with E-state index in [1.807, 2.05) is 0 Å². The Kier molecular flexibility index (Phi) is 33.3. The van der Waals surface area contributed by atoms with E-state index in [4.69, 9.17) is 9.84 Å². The van der Waals surface area contributed by atoms with Crippen molar-refractivity contribution in [2.24, 2.45) is 4.99 Å². The fraction of sp³-hybridized carbons (Fsp3) is 0.300. The maximum atomic E-state index is 12.4. The molecule has 2 aromatic heterocycles. The van der Waals surface area contributed by atoms with Crippen molar-refractivity contribution in [1.82, 2.24) is 35.2 Å². The average Bonchev–Trinajstić information content (AvgIpc) is 3.19. The summed E-state index contributed by atoms with van der Waals surface area (Å²) in [5.41, 5.74) is 0.806. The molecule has 0 unspecified atom stereocenters. The van der Waals surface area contributed by atoms with E-state index in [2.05, 4.69) is 80.2 Å². The fourth-order valence-corrected chi connectivity index (χ4v) is 6.30. The van der Waals surface area contributed by atoms with E-state index in [0.29, 0.717) is 35.3 Å². The van der Waals surface area contributed by atoms with Gasteiger partial charge in [0.1, 0.15) is 15.9 Å². The second-order valence-electron chi connectivity index (χ2n) is 11.2. The molecule has 0 saturated carbocycles. The Labute approximate surface area is 463 Å². The summed E-state index contributed by atoms with van der Waals surface area (Å²) in [6.07, 6.45) is 4.13. The van der Waals surface area contributed by atoms with E-state index in [-0.39, 0.29) is 215 Å². The first-order chi connectivity index (χ1) is 28.8. The van der Waals surface area contributed by atoms with Crippen molar-refractivity contribution < 1.29 is 183 Å². The Morgan fingerprint density at radius 1 is 0.766 bits per heavy atom. The normalized spacial score (nSPS) is 11.3. The molecule has 0 spiro atoms. The van der Waals surface area contributed by atoms with Gasteiger partial charge in [0, 0.05) is 47.6 Å². The smallest absolute Gasteiger partial charge is 0.748 e. The van der Waals surface area contributed by atoms with Crippen LogP contribution in [0.3, 0.4) is 0 Å². The molecule has 4 rings (SSSR count). The molecule has 0 aliphatic heterocycles. The van der Waals surface area contributed by atoms with Gasteiger partial charge in [0.25, 0.3) is 5.95 Å². The van der Waals surface area contributed by atoms with Crippen LogP contribution in [0.25, 0.3) is 12.2 Å². The molecule has 26 nitrogen and oxygen atoms in total. The first-order valence-electron chi connectivity index (χ1n) is 16.8. The Morgan fingerprint density at radius 2 is 1.38 bits per heavy atom. The second kappa shape index (κ2) is 33.7. The zero-order valence-electron chi connectivity index (χ0n) is 34.9. The molecule has 0 fully saturated rings. The van der Waals surface area contributed by atoms with Crippen LogP contribution in [0.1, 0.15) is 17.0 Å². The van der Waals surface area contributed by atoms with Crippen LogP contribution in [0.15, 0.2) is 51.2 Å². The summed E-state index contributed by atoms with van der Waals surface area (Å²) in [5.74, 6) is -0.515. The van der Waals surface area contributed by atoms with Gasteiger partial charge < -0.3 is 56.0 Å².